The number of ether oxygens (including phenoxy) is 2. The molecule has 4 nitrogen and oxygen atoms in total. The molecular formula is C12H10O4. The van der Waals surface area contributed by atoms with Crippen LogP contribution in [0.1, 0.15) is 12.5 Å². The van der Waals surface area contributed by atoms with E-state index in [1.54, 1.807) is 0 Å². The smallest absolute Gasteiger partial charge is 0.231 e. The van der Waals surface area contributed by atoms with E-state index in [2.05, 4.69) is 0 Å². The van der Waals surface area contributed by atoms with Crippen molar-refractivity contribution >= 4 is 11.0 Å². The summed E-state index contributed by atoms with van der Waals surface area (Å²) < 4.78 is 16.0. The van der Waals surface area contributed by atoms with Crippen LogP contribution in [0.5, 0.6) is 11.5 Å². The molecule has 0 aliphatic carbocycles. The molecule has 0 saturated carbocycles. The van der Waals surface area contributed by atoms with Gasteiger partial charge in [0.2, 0.25) is 12.5 Å². The minimum absolute atomic E-state index is 0.0450. The fourth-order valence-corrected chi connectivity index (χ4v) is 1.97. The van der Waals surface area contributed by atoms with E-state index in [0.717, 1.165) is 12.0 Å². The minimum Gasteiger partial charge on any atom is -0.460 e. The molecule has 0 saturated heterocycles. The van der Waals surface area contributed by atoms with Gasteiger partial charge in [0.25, 0.3) is 0 Å². The van der Waals surface area contributed by atoms with Crippen LogP contribution in [-0.4, -0.2) is 6.79 Å². The van der Waals surface area contributed by atoms with Crippen LogP contribution < -0.4 is 14.9 Å². The highest BCUT2D eigenvalue weighted by molar-refractivity contribution is 5.88. The van der Waals surface area contributed by atoms with Crippen LogP contribution in [0.25, 0.3) is 11.0 Å². The fraction of sp³-hybridized carbons (Fsp3) is 0.250. The van der Waals surface area contributed by atoms with Crippen LogP contribution in [0.3, 0.4) is 0 Å². The molecule has 0 radical (unpaired) electrons. The van der Waals surface area contributed by atoms with Crippen molar-refractivity contribution in [2.24, 2.45) is 0 Å². The van der Waals surface area contributed by atoms with Crippen LogP contribution >= 0.6 is 0 Å². The molecule has 1 aromatic carbocycles. The molecule has 1 aliphatic heterocycles. The lowest BCUT2D eigenvalue weighted by Gasteiger charge is -2.05. The third kappa shape index (κ3) is 1.13. The maximum absolute atomic E-state index is 11.8. The number of hydrogen-bond acceptors (Lipinski definition) is 4. The summed E-state index contributed by atoms with van der Waals surface area (Å²) >= 11 is 0. The second kappa shape index (κ2) is 3.27. The maximum Gasteiger partial charge on any atom is 0.231 e. The van der Waals surface area contributed by atoms with Crippen molar-refractivity contribution in [3.8, 4) is 11.5 Å². The lowest BCUT2D eigenvalue weighted by molar-refractivity contribution is 0.174. The largest absolute Gasteiger partial charge is 0.460 e. The molecule has 0 N–H and O–H groups in total. The SMILES string of the molecule is CCc1cc2c(c3occc(=O)c13)OCO2. The minimum atomic E-state index is -0.0450. The number of aryl methyl sites for hydroxylation is 1. The quantitative estimate of drug-likeness (QED) is 0.735. The van der Waals surface area contributed by atoms with E-state index in [0.29, 0.717) is 22.5 Å². The molecule has 16 heavy (non-hydrogen) atoms. The first kappa shape index (κ1) is 9.27. The van der Waals surface area contributed by atoms with Crippen molar-refractivity contribution < 1.29 is 13.9 Å². The van der Waals surface area contributed by atoms with Gasteiger partial charge in [0.05, 0.1) is 11.6 Å². The van der Waals surface area contributed by atoms with Crippen molar-refractivity contribution in [3.63, 3.8) is 0 Å². The average Bonchev–Trinajstić information content (AvgIpc) is 2.76. The van der Waals surface area contributed by atoms with Gasteiger partial charge in [-0.15, -0.1) is 0 Å². The van der Waals surface area contributed by atoms with Crippen LogP contribution in [0, 0.1) is 0 Å². The monoisotopic (exact) mass is 218 g/mol. The highest BCUT2D eigenvalue weighted by Gasteiger charge is 2.22. The Kier molecular flexibility index (Phi) is 1.89. The Bertz CT molecular complexity index is 612. The first-order chi connectivity index (χ1) is 7.81. The maximum atomic E-state index is 11.8. The normalized spacial score (nSPS) is 13.3. The molecule has 0 atom stereocenters. The molecule has 1 aromatic heterocycles. The standard InChI is InChI=1S/C12H10O4/c1-2-7-5-9-11(16-6-15-9)12-10(7)8(13)3-4-14-12/h3-5H,2,6H2,1H3. The second-order valence-electron chi connectivity index (χ2n) is 3.61. The van der Waals surface area contributed by atoms with E-state index < -0.39 is 0 Å². The molecule has 2 heterocycles. The molecule has 4 heteroatoms. The predicted octanol–water partition coefficient (Wildman–Crippen LogP) is 2.08. The fourth-order valence-electron chi connectivity index (χ4n) is 1.97. The highest BCUT2D eigenvalue weighted by atomic mass is 16.7. The summed E-state index contributed by atoms with van der Waals surface area (Å²) in [6.45, 7) is 2.17. The third-order valence-electron chi connectivity index (χ3n) is 2.73. The number of fused-ring (bicyclic) bond motifs is 3. The summed E-state index contributed by atoms with van der Waals surface area (Å²) in [6, 6.07) is 3.27. The zero-order valence-corrected chi connectivity index (χ0v) is 8.78. The van der Waals surface area contributed by atoms with Crippen LogP contribution in [-0.2, 0) is 6.42 Å². The van der Waals surface area contributed by atoms with E-state index in [1.807, 2.05) is 13.0 Å². The van der Waals surface area contributed by atoms with Gasteiger partial charge < -0.3 is 13.9 Å². The van der Waals surface area contributed by atoms with Crippen LogP contribution in [0.2, 0.25) is 0 Å². The third-order valence-corrected chi connectivity index (χ3v) is 2.73. The molecule has 0 bridgehead atoms. The molecule has 3 rings (SSSR count). The van der Waals surface area contributed by atoms with Gasteiger partial charge >= 0.3 is 0 Å². The molecule has 2 aromatic rings. The summed E-state index contributed by atoms with van der Waals surface area (Å²) in [4.78, 5) is 11.8. The lowest BCUT2D eigenvalue weighted by Crippen LogP contribution is -2.02. The zero-order chi connectivity index (χ0) is 11.1. The van der Waals surface area contributed by atoms with Gasteiger partial charge in [-0.2, -0.15) is 0 Å². The molecular weight excluding hydrogens is 208 g/mol. The van der Waals surface area contributed by atoms with E-state index in [1.165, 1.54) is 12.3 Å². The van der Waals surface area contributed by atoms with Gasteiger partial charge in [-0.25, -0.2) is 0 Å². The second-order valence-corrected chi connectivity index (χ2v) is 3.61. The molecule has 1 aliphatic rings. The van der Waals surface area contributed by atoms with E-state index in [-0.39, 0.29) is 12.2 Å². The van der Waals surface area contributed by atoms with E-state index in [9.17, 15) is 4.79 Å². The van der Waals surface area contributed by atoms with E-state index >= 15 is 0 Å². The summed E-state index contributed by atoms with van der Waals surface area (Å²) in [5, 5.41) is 0.592. The van der Waals surface area contributed by atoms with Crippen molar-refractivity contribution in [3.05, 3.63) is 34.2 Å². The Morgan fingerprint density at radius 2 is 2.25 bits per heavy atom. The Labute approximate surface area is 91.4 Å². The first-order valence-electron chi connectivity index (χ1n) is 5.14. The molecule has 0 spiro atoms. The topological polar surface area (TPSA) is 48.7 Å². The summed E-state index contributed by atoms with van der Waals surface area (Å²) in [5.41, 5.74) is 1.37. The first-order valence-corrected chi connectivity index (χ1v) is 5.14. The lowest BCUT2D eigenvalue weighted by atomic mass is 10.1. The van der Waals surface area contributed by atoms with Crippen molar-refractivity contribution in [1.82, 2.24) is 0 Å². The Balaban J connectivity index is 2.51. The van der Waals surface area contributed by atoms with Crippen molar-refractivity contribution in [2.75, 3.05) is 6.79 Å². The van der Waals surface area contributed by atoms with Crippen molar-refractivity contribution in [1.29, 1.82) is 0 Å². The van der Waals surface area contributed by atoms with Gasteiger partial charge in [0.15, 0.2) is 16.8 Å². The number of benzene rings is 1. The number of hydrogen-bond donors (Lipinski definition) is 0. The predicted molar refractivity (Wildman–Crippen MR) is 58.0 cm³/mol. The van der Waals surface area contributed by atoms with Crippen molar-refractivity contribution in [2.45, 2.75) is 13.3 Å². The van der Waals surface area contributed by atoms with Gasteiger partial charge in [-0.1, -0.05) is 6.92 Å². The molecule has 0 unspecified atom stereocenters. The molecule has 0 fully saturated rings. The zero-order valence-electron chi connectivity index (χ0n) is 8.78. The summed E-state index contributed by atoms with van der Waals surface area (Å²) in [6.07, 6.45) is 2.13. The van der Waals surface area contributed by atoms with Crippen LogP contribution in [0.15, 0.2) is 27.6 Å². The highest BCUT2D eigenvalue weighted by Crippen LogP contribution is 2.40. The van der Waals surface area contributed by atoms with Gasteiger partial charge in [-0.3, -0.25) is 4.79 Å². The van der Waals surface area contributed by atoms with Gasteiger partial charge in [0, 0.05) is 6.07 Å². The summed E-state index contributed by atoms with van der Waals surface area (Å²) in [5.74, 6) is 1.18. The Morgan fingerprint density at radius 1 is 1.38 bits per heavy atom. The Hall–Kier alpha value is -1.97. The van der Waals surface area contributed by atoms with E-state index in [4.69, 9.17) is 13.9 Å². The molecule has 0 amide bonds. The Morgan fingerprint density at radius 3 is 3.06 bits per heavy atom. The van der Waals surface area contributed by atoms with Crippen LogP contribution in [0.4, 0.5) is 0 Å². The average molecular weight is 218 g/mol. The van der Waals surface area contributed by atoms with Gasteiger partial charge in [0.1, 0.15) is 0 Å². The summed E-state index contributed by atoms with van der Waals surface area (Å²) in [7, 11) is 0. The number of rotatable bonds is 1. The molecule has 82 valence electrons. The van der Waals surface area contributed by atoms with Gasteiger partial charge in [-0.05, 0) is 18.1 Å².